The van der Waals surface area contributed by atoms with Gasteiger partial charge in [-0.25, -0.2) is 0 Å². The molecule has 6 saturated heterocycles. The van der Waals surface area contributed by atoms with Gasteiger partial charge in [0.25, 0.3) is 35.4 Å². The zero-order chi connectivity index (χ0) is 102. The Morgan fingerprint density at radius 2 is 0.688 bits per heavy atom. The number of ether oxygens (including phenoxy) is 1. The normalized spacial score (nSPS) is 24.6. The van der Waals surface area contributed by atoms with Gasteiger partial charge >= 0.3 is 0 Å². The van der Waals surface area contributed by atoms with Crippen LogP contribution in [0.4, 0.5) is 5.69 Å². The van der Waals surface area contributed by atoms with Gasteiger partial charge < -0.3 is 78.5 Å². The standard InChI is InChI=1S/C21H28N4O2.C20H25N3O3.C19H22ClN3O2.C18H29N3O2.C17H27N3O2.C16H25N3O2/c1-14-11-25(12-15-4-8-17(9-5-15)24(2)3)13-19(14)22-21(26)18-10-20(27-23-18)16-6-7-16;1-13-10-23(11-14-3-7-16(25-2)8-4-14)12-18(13)21-20(24)17-9-19(26-22-17)15-5-6-15;1-12-9-23(10-14-4-2-3-5-15(14)20)11-17(12)21-19(24)16-8-18(25-22-16)13-6-7-13;1-11(2)21-9-13(18(3,4)5)15(10-21)19-17(22)14-8-16(23-20-14)12-6-7-12;1-11(2)6-7-20-9-12(3)15(10-20)18-17(21)14-8-16(22-19-14)13-4-5-13;1-16(2,3)11-8-19(4)9-13(11)17-15(20)12-7-14(21-18-12)10-5-6-10/h4-5,8-10,14,16,19H,6-7,11-13H2,1-3H3,(H,22,26);3-4,7-9,13,15,18H,5-6,10-12H2,1-2H3,(H,21,24);2-5,8,12-13,17H,6-7,9-11H2,1H3,(H,21,24);8,11-13,15H,6-7,9-10H2,1-5H3,(H,19,22);8,11-13,15H,4-7,9-10H2,1-3H3,(H,18,21);7,10-11,13H,5-6,8-9H2,1-4H3,(H,17,20)/t14-,19-;13-,18-;12-,17-;13-,15-;12-,15-;11-,13-/m111010/s1. The lowest BCUT2D eigenvalue weighted by Gasteiger charge is -2.31. The van der Waals surface area contributed by atoms with Crippen molar-refractivity contribution in [3.05, 3.63) is 200 Å². The Morgan fingerprint density at radius 1 is 0.389 bits per heavy atom. The minimum atomic E-state index is -0.146. The molecule has 9 aromatic rings. The van der Waals surface area contributed by atoms with Gasteiger partial charge in [-0.2, -0.15) is 0 Å². The first-order valence-corrected chi connectivity index (χ1v) is 53.3. The molecule has 6 saturated carbocycles. The van der Waals surface area contributed by atoms with E-state index in [9.17, 15) is 28.8 Å². The summed E-state index contributed by atoms with van der Waals surface area (Å²) in [7, 11) is 7.87. The third-order valence-corrected chi connectivity index (χ3v) is 31.1. The van der Waals surface area contributed by atoms with Gasteiger partial charge in [0.05, 0.1) is 7.11 Å². The largest absolute Gasteiger partial charge is 0.497 e. The molecule has 12 aliphatic rings. The Kier molecular flexibility index (Phi) is 34.7. The van der Waals surface area contributed by atoms with Crippen LogP contribution in [0, 0.1) is 52.3 Å². The van der Waals surface area contributed by atoms with E-state index in [0.29, 0.717) is 111 Å². The molecule has 0 bridgehead atoms. The smallest absolute Gasteiger partial charge is 0.273 e. The van der Waals surface area contributed by atoms with Gasteiger partial charge in [0.15, 0.2) is 34.2 Å². The van der Waals surface area contributed by atoms with Gasteiger partial charge in [-0.3, -0.25) is 48.4 Å². The zero-order valence-electron chi connectivity index (χ0n) is 87.9. The predicted molar refractivity (Wildman–Crippen MR) is 552 cm³/mol. The van der Waals surface area contributed by atoms with Crippen LogP contribution in [0.15, 0.2) is 136 Å². The number of rotatable bonds is 30. The highest BCUT2D eigenvalue weighted by Crippen LogP contribution is 2.46. The van der Waals surface area contributed by atoms with Crippen molar-refractivity contribution in [2.24, 2.45) is 52.3 Å². The summed E-state index contributed by atoms with van der Waals surface area (Å²) in [5.41, 5.74) is 7.65. The maximum absolute atomic E-state index is 12.6. The van der Waals surface area contributed by atoms with Crippen LogP contribution in [-0.2, 0) is 19.6 Å². The molecule has 6 N–H and O–H groups in total. The number of nitrogens with zero attached hydrogens (tertiary/aromatic N) is 13. The molecule has 144 heavy (non-hydrogen) atoms. The van der Waals surface area contributed by atoms with Crippen molar-refractivity contribution in [3.8, 4) is 5.75 Å². The van der Waals surface area contributed by atoms with Crippen LogP contribution in [0.3, 0.4) is 0 Å². The molecule has 6 aliphatic carbocycles. The van der Waals surface area contributed by atoms with Crippen molar-refractivity contribution in [2.75, 3.05) is 118 Å². The predicted octanol–water partition coefficient (Wildman–Crippen LogP) is 17.1. The lowest BCUT2D eigenvalue weighted by atomic mass is 9.78. The van der Waals surface area contributed by atoms with E-state index >= 15 is 0 Å². The number of hydrogen-bond donors (Lipinski definition) is 6. The molecule has 12 heterocycles. The van der Waals surface area contributed by atoms with Crippen LogP contribution >= 0.6 is 11.6 Å². The van der Waals surface area contributed by atoms with Crippen LogP contribution in [0.1, 0.15) is 330 Å². The third-order valence-electron chi connectivity index (χ3n) is 30.7. The summed E-state index contributed by atoms with van der Waals surface area (Å²) < 4.78 is 36.9. The number of carbonyl (C=O) groups excluding carboxylic acids is 6. The van der Waals surface area contributed by atoms with Gasteiger partial charge in [-0.05, 0) is 210 Å². The molecule has 0 spiro atoms. The van der Waals surface area contributed by atoms with Crippen LogP contribution in [0.2, 0.25) is 5.02 Å². The van der Waals surface area contributed by atoms with Gasteiger partial charge in [-0.1, -0.05) is 168 Å². The summed E-state index contributed by atoms with van der Waals surface area (Å²) >= 11 is 6.26. The molecule has 12 fully saturated rings. The Labute approximate surface area is 854 Å². The van der Waals surface area contributed by atoms with Crippen molar-refractivity contribution >= 4 is 52.7 Å². The SMILES string of the molecule is CC(C)CCN1C[C@@H](C)[C@H](NC(=O)c2cc(C3CC3)on2)C1.CC(C)N1C[C@H](NC(=O)c2cc(C3CC3)on2)[C@@H](C(C)(C)C)C1.CN1C[C@H](NC(=O)c2cc(C3CC3)on2)[C@@H](C(C)(C)C)C1.COc1ccc(CN2C[C@@H](C)[C@H](NC(=O)c3cc(C4CC4)on3)C2)cc1.C[C@@H]1CN(Cc2ccc(N(C)C)cc2)C[C@H]1NC(=O)c1cc(C2CC2)on1.C[C@@H]1CN(Cc2ccccc2Cl)C[C@H]1NC(=O)c1cc(C2CC2)on1. The van der Waals surface area contributed by atoms with Gasteiger partial charge in [0.1, 0.15) is 40.3 Å². The maximum atomic E-state index is 12.6. The highest BCUT2D eigenvalue weighted by molar-refractivity contribution is 6.31. The van der Waals surface area contributed by atoms with Crippen molar-refractivity contribution in [3.63, 3.8) is 0 Å². The minimum absolute atomic E-state index is 0.0989. The number of likely N-dealkylation sites (N-methyl/N-ethyl adjacent to an activating group) is 1. The average Bonchev–Trinajstić information content (AvgIpc) is 1.67. The van der Waals surface area contributed by atoms with Crippen molar-refractivity contribution in [1.82, 2.24) is 92.2 Å². The minimum Gasteiger partial charge on any atom is -0.497 e. The summed E-state index contributed by atoms with van der Waals surface area (Å²) in [6, 6.07) is 36.9. The highest BCUT2D eigenvalue weighted by atomic mass is 35.5. The molecule has 0 radical (unpaired) electrons. The summed E-state index contributed by atoms with van der Waals surface area (Å²) in [5.74, 6) is 11.4. The van der Waals surface area contributed by atoms with E-state index in [2.05, 4.69) is 238 Å². The van der Waals surface area contributed by atoms with E-state index in [4.69, 9.17) is 43.5 Å². The number of nitrogens with one attached hydrogen (secondary N) is 6. The number of carbonyl (C=O) groups is 6. The van der Waals surface area contributed by atoms with Crippen molar-refractivity contribution in [1.29, 1.82) is 0 Å². The molecule has 6 amide bonds. The molecular weight excluding hydrogens is 1840 g/mol. The first kappa shape index (κ1) is 106. The number of aromatic nitrogens is 6. The molecule has 12 atom stereocenters. The molecule has 32 nitrogen and oxygen atoms in total. The molecule has 0 unspecified atom stereocenters. The fraction of sp³-hybridized carbons (Fsp3) is 0.622. The van der Waals surface area contributed by atoms with E-state index < -0.39 is 0 Å². The fourth-order valence-electron chi connectivity index (χ4n) is 20.5. The first-order valence-electron chi connectivity index (χ1n) is 52.9. The number of halogens is 1. The molecular formula is C111H156ClN19O13. The number of methoxy groups -OCH3 is 1. The highest BCUT2D eigenvalue weighted by Gasteiger charge is 2.46. The first-order chi connectivity index (χ1) is 68.8. The monoisotopic (exact) mass is 2000 g/mol. The number of hydrogen-bond acceptors (Lipinski definition) is 26. The van der Waals surface area contributed by atoms with E-state index in [0.717, 1.165) is 239 Å². The van der Waals surface area contributed by atoms with Crippen LogP contribution in [0.5, 0.6) is 5.75 Å². The molecule has 33 heteroatoms. The van der Waals surface area contributed by atoms with E-state index in [1.165, 1.54) is 23.2 Å². The molecule has 6 aromatic heterocycles. The van der Waals surface area contributed by atoms with E-state index in [1.807, 2.05) is 62.6 Å². The summed E-state index contributed by atoms with van der Waals surface area (Å²) in [6.45, 7) is 46.0. The van der Waals surface area contributed by atoms with Crippen molar-refractivity contribution in [2.45, 2.75) is 278 Å². The quantitative estimate of drug-likeness (QED) is 0.0243. The van der Waals surface area contributed by atoms with Crippen molar-refractivity contribution < 1.29 is 60.6 Å². The van der Waals surface area contributed by atoms with E-state index in [1.54, 1.807) is 31.4 Å². The lowest BCUT2D eigenvalue weighted by Crippen LogP contribution is -2.44. The number of anilines is 1. The summed E-state index contributed by atoms with van der Waals surface area (Å²) in [6.07, 6.45) is 14.9. The Bertz CT molecular complexity index is 5730. The summed E-state index contributed by atoms with van der Waals surface area (Å²) in [5, 5.41) is 43.3. The summed E-state index contributed by atoms with van der Waals surface area (Å²) in [4.78, 5) is 91.1. The fourth-order valence-corrected chi connectivity index (χ4v) is 20.7. The second-order valence-electron chi connectivity index (χ2n) is 46.5. The lowest BCUT2D eigenvalue weighted by molar-refractivity contribution is 0.0893. The van der Waals surface area contributed by atoms with Gasteiger partial charge in [0, 0.05) is 237 Å². The van der Waals surface area contributed by atoms with Gasteiger partial charge in [0.2, 0.25) is 0 Å². The van der Waals surface area contributed by atoms with Crippen LogP contribution < -0.4 is 41.5 Å². The van der Waals surface area contributed by atoms with Crippen LogP contribution in [-0.4, -0.2) is 251 Å². The zero-order valence-corrected chi connectivity index (χ0v) is 88.7. The second kappa shape index (κ2) is 47.1. The molecule has 3 aromatic carbocycles. The maximum Gasteiger partial charge on any atom is 0.273 e. The Balaban J connectivity index is 0.000000124. The number of benzene rings is 3. The molecule has 21 rings (SSSR count). The van der Waals surface area contributed by atoms with Crippen LogP contribution in [0.25, 0.3) is 0 Å². The van der Waals surface area contributed by atoms with Gasteiger partial charge in [-0.15, -0.1) is 0 Å². The topological polar surface area (TPSA) is 363 Å². The second-order valence-corrected chi connectivity index (χ2v) is 46.9. The molecule has 780 valence electrons. The molecule has 6 aliphatic heterocycles. The van der Waals surface area contributed by atoms with E-state index in [-0.39, 0.29) is 82.5 Å². The Morgan fingerprint density at radius 3 is 0.993 bits per heavy atom. The number of amides is 6. The third kappa shape index (κ3) is 29.5. The number of likely N-dealkylation sites (tertiary alicyclic amines) is 6. The Hall–Kier alpha value is -10.6. The average molecular weight is 2000 g/mol.